The van der Waals surface area contributed by atoms with Gasteiger partial charge in [0.2, 0.25) is 0 Å². The van der Waals surface area contributed by atoms with E-state index in [-0.39, 0.29) is 11.9 Å². The zero-order valence-corrected chi connectivity index (χ0v) is 15.5. The molecule has 2 atom stereocenters. The van der Waals surface area contributed by atoms with E-state index in [0.717, 1.165) is 47.4 Å². The number of aromatic nitrogens is 2. The van der Waals surface area contributed by atoms with Crippen LogP contribution in [0.1, 0.15) is 11.5 Å². The number of rotatable bonds is 5. The summed E-state index contributed by atoms with van der Waals surface area (Å²) in [4.78, 5) is 6.99. The normalized spacial score (nSPS) is 20.0. The minimum absolute atomic E-state index is 0.124. The van der Waals surface area contributed by atoms with E-state index < -0.39 is 0 Å². The number of nitrogens with zero attached hydrogens (tertiary/aromatic N) is 3. The molecule has 3 aromatic rings. The molecule has 0 unspecified atom stereocenters. The van der Waals surface area contributed by atoms with Gasteiger partial charge in [-0.3, -0.25) is 0 Å². The third-order valence-corrected chi connectivity index (χ3v) is 5.63. The minimum atomic E-state index is -0.239. The molecule has 4 rings (SSSR count). The van der Waals surface area contributed by atoms with Crippen LogP contribution >= 0.6 is 11.3 Å². The lowest BCUT2D eigenvalue weighted by molar-refractivity contribution is 0.0813. The first kappa shape index (κ1) is 17.2. The number of halogens is 1. The second kappa shape index (κ2) is 7.17. The van der Waals surface area contributed by atoms with Crippen LogP contribution in [0.3, 0.4) is 0 Å². The molecule has 1 aliphatic heterocycles. The Morgan fingerprint density at radius 3 is 2.81 bits per heavy atom. The van der Waals surface area contributed by atoms with Gasteiger partial charge in [-0.15, -0.1) is 11.3 Å². The van der Waals surface area contributed by atoms with Crippen LogP contribution in [0.4, 0.5) is 9.52 Å². The number of benzene rings is 1. The SMILES string of the molecule is CO[C@H]1CN(c2nc(-c3ccc(F)cc3)cs2)C[C@H]1Cc1cc(C)no1. The molecule has 0 N–H and O–H groups in total. The van der Waals surface area contributed by atoms with E-state index in [2.05, 4.69) is 10.1 Å². The largest absolute Gasteiger partial charge is 0.379 e. The summed E-state index contributed by atoms with van der Waals surface area (Å²) in [6.45, 7) is 3.58. The molecule has 0 bridgehead atoms. The highest BCUT2D eigenvalue weighted by Gasteiger charge is 2.35. The van der Waals surface area contributed by atoms with Crippen LogP contribution in [-0.2, 0) is 11.2 Å². The zero-order chi connectivity index (χ0) is 18.1. The molecule has 0 amide bonds. The molecule has 0 aliphatic carbocycles. The first-order chi connectivity index (χ1) is 12.6. The van der Waals surface area contributed by atoms with E-state index in [1.165, 1.54) is 12.1 Å². The standard InChI is InChI=1S/C19H20FN3O2S/c1-12-7-16(25-22-12)8-14-9-23(10-18(14)24-2)19-21-17(11-26-19)13-3-5-15(20)6-4-13/h3-7,11,14,18H,8-10H2,1-2H3/t14-,18+/m1/s1. The summed E-state index contributed by atoms with van der Waals surface area (Å²) >= 11 is 1.60. The summed E-state index contributed by atoms with van der Waals surface area (Å²) in [5, 5.41) is 6.94. The van der Waals surface area contributed by atoms with E-state index in [9.17, 15) is 4.39 Å². The maximum Gasteiger partial charge on any atom is 0.185 e. The van der Waals surface area contributed by atoms with Gasteiger partial charge in [-0.05, 0) is 31.2 Å². The van der Waals surface area contributed by atoms with Gasteiger partial charge in [0, 0.05) is 49.5 Å². The van der Waals surface area contributed by atoms with Gasteiger partial charge in [0.25, 0.3) is 0 Å². The Labute approximate surface area is 155 Å². The maximum atomic E-state index is 13.1. The van der Waals surface area contributed by atoms with Crippen molar-refractivity contribution in [1.82, 2.24) is 10.1 Å². The van der Waals surface area contributed by atoms with Gasteiger partial charge in [-0.2, -0.15) is 0 Å². The first-order valence-electron chi connectivity index (χ1n) is 8.54. The average molecular weight is 373 g/mol. The third kappa shape index (κ3) is 3.50. The van der Waals surface area contributed by atoms with Crippen LogP contribution in [-0.4, -0.2) is 36.4 Å². The summed E-state index contributed by atoms with van der Waals surface area (Å²) in [6, 6.07) is 8.41. The van der Waals surface area contributed by atoms with Crippen molar-refractivity contribution >= 4 is 16.5 Å². The fourth-order valence-electron chi connectivity index (χ4n) is 3.39. The Morgan fingerprint density at radius 2 is 2.12 bits per heavy atom. The Hall–Kier alpha value is -2.25. The number of hydrogen-bond acceptors (Lipinski definition) is 6. The highest BCUT2D eigenvalue weighted by Crippen LogP contribution is 2.33. The molecule has 2 aromatic heterocycles. The summed E-state index contributed by atoms with van der Waals surface area (Å²) < 4.78 is 24.2. The summed E-state index contributed by atoms with van der Waals surface area (Å²) in [5.74, 6) is 0.977. The smallest absolute Gasteiger partial charge is 0.185 e. The Balaban J connectivity index is 1.49. The topological polar surface area (TPSA) is 51.4 Å². The summed E-state index contributed by atoms with van der Waals surface area (Å²) in [5.41, 5.74) is 2.69. The van der Waals surface area contributed by atoms with E-state index in [1.54, 1.807) is 30.6 Å². The van der Waals surface area contributed by atoms with Crippen molar-refractivity contribution in [3.05, 3.63) is 53.0 Å². The summed E-state index contributed by atoms with van der Waals surface area (Å²) in [6.07, 6.45) is 0.921. The summed E-state index contributed by atoms with van der Waals surface area (Å²) in [7, 11) is 1.75. The van der Waals surface area contributed by atoms with Crippen molar-refractivity contribution in [2.75, 3.05) is 25.1 Å². The second-order valence-corrected chi connectivity index (χ2v) is 7.44. The molecule has 1 aromatic carbocycles. The van der Waals surface area contributed by atoms with Gasteiger partial charge in [0.05, 0.1) is 17.5 Å². The number of aryl methyl sites for hydroxylation is 1. The highest BCUT2D eigenvalue weighted by molar-refractivity contribution is 7.14. The number of anilines is 1. The fourth-order valence-corrected chi connectivity index (χ4v) is 4.25. The van der Waals surface area contributed by atoms with Gasteiger partial charge in [-0.1, -0.05) is 5.16 Å². The monoisotopic (exact) mass is 373 g/mol. The third-order valence-electron chi connectivity index (χ3n) is 4.73. The average Bonchev–Trinajstić information content (AvgIpc) is 3.35. The lowest BCUT2D eigenvalue weighted by Gasteiger charge is -2.14. The quantitative estimate of drug-likeness (QED) is 0.678. The van der Waals surface area contributed by atoms with Crippen LogP contribution in [0.2, 0.25) is 0 Å². The van der Waals surface area contributed by atoms with Crippen molar-refractivity contribution in [2.24, 2.45) is 5.92 Å². The van der Waals surface area contributed by atoms with E-state index in [1.807, 2.05) is 18.4 Å². The predicted octanol–water partition coefficient (Wildman–Crippen LogP) is 3.94. The molecule has 1 aliphatic rings. The van der Waals surface area contributed by atoms with Crippen molar-refractivity contribution in [3.63, 3.8) is 0 Å². The molecule has 26 heavy (non-hydrogen) atoms. The molecule has 1 fully saturated rings. The van der Waals surface area contributed by atoms with Crippen LogP contribution in [0.25, 0.3) is 11.3 Å². The van der Waals surface area contributed by atoms with Crippen LogP contribution in [0.15, 0.2) is 40.2 Å². The van der Waals surface area contributed by atoms with Gasteiger partial charge in [0.15, 0.2) is 5.13 Å². The zero-order valence-electron chi connectivity index (χ0n) is 14.7. The molecule has 0 spiro atoms. The molecule has 136 valence electrons. The van der Waals surface area contributed by atoms with Gasteiger partial charge < -0.3 is 14.2 Å². The first-order valence-corrected chi connectivity index (χ1v) is 9.42. The lowest BCUT2D eigenvalue weighted by atomic mass is 10.0. The minimum Gasteiger partial charge on any atom is -0.379 e. The molecule has 7 heteroatoms. The maximum absolute atomic E-state index is 13.1. The molecule has 1 saturated heterocycles. The Morgan fingerprint density at radius 1 is 1.31 bits per heavy atom. The van der Waals surface area contributed by atoms with Gasteiger partial charge in [-0.25, -0.2) is 9.37 Å². The van der Waals surface area contributed by atoms with Gasteiger partial charge >= 0.3 is 0 Å². The van der Waals surface area contributed by atoms with E-state index in [0.29, 0.717) is 5.92 Å². The van der Waals surface area contributed by atoms with Crippen molar-refractivity contribution in [3.8, 4) is 11.3 Å². The van der Waals surface area contributed by atoms with Crippen LogP contribution in [0.5, 0.6) is 0 Å². The fraction of sp³-hybridized carbons (Fsp3) is 0.368. The molecule has 5 nitrogen and oxygen atoms in total. The second-order valence-electron chi connectivity index (χ2n) is 6.60. The molecule has 3 heterocycles. The van der Waals surface area contributed by atoms with E-state index in [4.69, 9.17) is 14.2 Å². The van der Waals surface area contributed by atoms with Gasteiger partial charge in [0.1, 0.15) is 11.6 Å². The number of methoxy groups -OCH3 is 1. The van der Waals surface area contributed by atoms with Crippen molar-refractivity contribution in [1.29, 1.82) is 0 Å². The molecule has 0 radical (unpaired) electrons. The van der Waals surface area contributed by atoms with E-state index >= 15 is 0 Å². The molecular formula is C19H20FN3O2S. The lowest BCUT2D eigenvalue weighted by Crippen LogP contribution is -2.23. The number of hydrogen-bond donors (Lipinski definition) is 0. The van der Waals surface area contributed by atoms with Crippen molar-refractivity contribution < 1.29 is 13.7 Å². The van der Waals surface area contributed by atoms with Crippen LogP contribution in [0, 0.1) is 18.7 Å². The Bertz CT molecular complexity index is 877. The highest BCUT2D eigenvalue weighted by atomic mass is 32.1. The molecule has 0 saturated carbocycles. The molecular weight excluding hydrogens is 353 g/mol. The Kier molecular flexibility index (Phi) is 4.74. The predicted molar refractivity (Wildman–Crippen MR) is 99.0 cm³/mol. The van der Waals surface area contributed by atoms with Crippen LogP contribution < -0.4 is 4.90 Å². The van der Waals surface area contributed by atoms with Crippen molar-refractivity contribution in [2.45, 2.75) is 19.4 Å². The number of ether oxygens (including phenoxy) is 1. The number of thiazole rings is 1.